The molecule has 0 aromatic heterocycles. The molecule has 0 saturated carbocycles. The first kappa shape index (κ1) is 27.0. The van der Waals surface area contributed by atoms with Crippen molar-refractivity contribution >= 4 is 21.9 Å². The third kappa shape index (κ3) is 7.28. The Balaban J connectivity index is 1.24. The van der Waals surface area contributed by atoms with Crippen LogP contribution in [0, 0.1) is 11.8 Å². The summed E-state index contributed by atoms with van der Waals surface area (Å²) < 4.78 is 33.8. The third-order valence-corrected chi connectivity index (χ3v) is 8.57. The van der Waals surface area contributed by atoms with Crippen molar-refractivity contribution in [3.8, 4) is 11.1 Å². The predicted molar refractivity (Wildman–Crippen MR) is 140 cm³/mol. The lowest BCUT2D eigenvalue weighted by Gasteiger charge is -2.27. The van der Waals surface area contributed by atoms with Crippen LogP contribution in [0.2, 0.25) is 0 Å². The Morgan fingerprint density at radius 1 is 0.946 bits per heavy atom. The number of amides is 1. The van der Waals surface area contributed by atoms with Gasteiger partial charge in [0.25, 0.3) is 0 Å². The summed E-state index contributed by atoms with van der Waals surface area (Å²) in [7, 11) is -3.82. The molecule has 3 N–H and O–H groups in total. The van der Waals surface area contributed by atoms with Crippen LogP contribution in [0.4, 0.5) is 0 Å². The number of carboxylic acid groups (broad SMARTS) is 1. The number of sulfonamides is 1. The van der Waals surface area contributed by atoms with Crippen LogP contribution < -0.4 is 10.0 Å². The van der Waals surface area contributed by atoms with Gasteiger partial charge in [0.15, 0.2) is 0 Å². The van der Waals surface area contributed by atoms with Gasteiger partial charge in [0, 0.05) is 18.9 Å². The number of ether oxygens (including phenoxy) is 1. The van der Waals surface area contributed by atoms with Crippen molar-refractivity contribution in [3.63, 3.8) is 0 Å². The molecule has 4 rings (SSSR count). The molecule has 2 aliphatic heterocycles. The minimum atomic E-state index is -3.82. The Kier molecular flexibility index (Phi) is 9.13. The summed E-state index contributed by atoms with van der Waals surface area (Å²) in [6.07, 6.45) is 8.69. The number of allylic oxidation sites excluding steroid dienone is 2. The van der Waals surface area contributed by atoms with Crippen LogP contribution in [0.3, 0.4) is 0 Å². The Bertz CT molecular complexity index is 1200. The van der Waals surface area contributed by atoms with Gasteiger partial charge >= 0.3 is 5.97 Å². The van der Waals surface area contributed by atoms with E-state index in [1.165, 1.54) is 12.1 Å². The molecule has 0 unspecified atom stereocenters. The SMILES string of the molecule is O=C(O)CCC/C=C\C[C@@H]1[C@H](CNC(=O)CNS(=O)(=O)c2ccc(-c3ccccc3)cc2)[C@@H]2CC[C@H]1O2. The highest BCUT2D eigenvalue weighted by Crippen LogP contribution is 2.44. The van der Waals surface area contributed by atoms with Crippen LogP contribution in [-0.2, 0) is 24.3 Å². The molecule has 2 aromatic rings. The Morgan fingerprint density at radius 2 is 1.62 bits per heavy atom. The normalized spacial score (nSPS) is 22.9. The lowest BCUT2D eigenvalue weighted by atomic mass is 9.77. The zero-order chi connectivity index (χ0) is 26.3. The summed E-state index contributed by atoms with van der Waals surface area (Å²) in [5, 5.41) is 11.6. The first-order valence-electron chi connectivity index (χ1n) is 12.8. The maximum absolute atomic E-state index is 12.7. The van der Waals surface area contributed by atoms with Crippen molar-refractivity contribution in [2.24, 2.45) is 11.8 Å². The van der Waals surface area contributed by atoms with E-state index in [1.807, 2.05) is 36.4 Å². The minimum absolute atomic E-state index is 0.107. The quantitative estimate of drug-likeness (QED) is 0.270. The van der Waals surface area contributed by atoms with E-state index >= 15 is 0 Å². The van der Waals surface area contributed by atoms with E-state index in [2.05, 4.69) is 16.1 Å². The third-order valence-electron chi connectivity index (χ3n) is 7.16. The molecule has 37 heavy (non-hydrogen) atoms. The molecule has 0 aliphatic carbocycles. The van der Waals surface area contributed by atoms with Crippen LogP contribution >= 0.6 is 0 Å². The van der Waals surface area contributed by atoms with Crippen molar-refractivity contribution in [1.82, 2.24) is 10.0 Å². The van der Waals surface area contributed by atoms with Gasteiger partial charge < -0.3 is 15.2 Å². The number of fused-ring (bicyclic) bond motifs is 2. The molecule has 0 radical (unpaired) electrons. The highest BCUT2D eigenvalue weighted by Gasteiger charge is 2.47. The fourth-order valence-corrected chi connectivity index (χ4v) is 6.20. The van der Waals surface area contributed by atoms with Gasteiger partial charge in [0.05, 0.1) is 23.6 Å². The number of benzene rings is 2. The Hall–Kier alpha value is -3.01. The lowest BCUT2D eigenvalue weighted by molar-refractivity contribution is -0.137. The molecule has 9 heteroatoms. The number of carboxylic acids is 1. The number of rotatable bonds is 13. The maximum atomic E-state index is 12.7. The zero-order valence-corrected chi connectivity index (χ0v) is 21.5. The van der Waals surface area contributed by atoms with Crippen molar-refractivity contribution in [2.45, 2.75) is 55.6 Å². The average molecular weight is 527 g/mol. The fraction of sp³-hybridized carbons (Fsp3) is 0.429. The number of nitrogens with one attached hydrogen (secondary N) is 2. The fourth-order valence-electron chi connectivity index (χ4n) is 5.22. The topological polar surface area (TPSA) is 122 Å². The van der Waals surface area contributed by atoms with E-state index in [0.29, 0.717) is 13.0 Å². The number of aliphatic carboxylic acids is 1. The van der Waals surface area contributed by atoms with Crippen molar-refractivity contribution in [1.29, 1.82) is 0 Å². The molecule has 4 atom stereocenters. The summed E-state index contributed by atoms with van der Waals surface area (Å²) in [4.78, 5) is 23.2. The molecule has 1 amide bonds. The van der Waals surface area contributed by atoms with Gasteiger partial charge in [0.1, 0.15) is 0 Å². The van der Waals surface area contributed by atoms with Crippen molar-refractivity contribution in [2.75, 3.05) is 13.1 Å². The molecule has 2 aromatic carbocycles. The molecule has 198 valence electrons. The Morgan fingerprint density at radius 3 is 2.32 bits per heavy atom. The van der Waals surface area contributed by atoms with Crippen LogP contribution in [0.5, 0.6) is 0 Å². The van der Waals surface area contributed by atoms with Gasteiger partial charge in [-0.2, -0.15) is 0 Å². The minimum Gasteiger partial charge on any atom is -0.481 e. The molecule has 2 aliphatic rings. The second-order valence-corrected chi connectivity index (χ2v) is 11.4. The number of carbonyl (C=O) groups excluding carboxylic acids is 1. The molecule has 0 spiro atoms. The van der Waals surface area contributed by atoms with Gasteiger partial charge in [-0.3, -0.25) is 9.59 Å². The largest absolute Gasteiger partial charge is 0.481 e. The summed E-state index contributed by atoms with van der Waals surface area (Å²) in [5.74, 6) is -0.702. The molecule has 2 fully saturated rings. The van der Waals surface area contributed by atoms with Crippen molar-refractivity contribution < 1.29 is 27.9 Å². The van der Waals surface area contributed by atoms with E-state index in [-0.39, 0.29) is 47.8 Å². The van der Waals surface area contributed by atoms with Gasteiger partial charge in [-0.1, -0.05) is 54.6 Å². The summed E-state index contributed by atoms with van der Waals surface area (Å²) in [5.41, 5.74) is 1.91. The highest BCUT2D eigenvalue weighted by molar-refractivity contribution is 7.89. The molecule has 2 saturated heterocycles. The second-order valence-electron chi connectivity index (χ2n) is 9.63. The summed E-state index contributed by atoms with van der Waals surface area (Å²) in [6, 6.07) is 16.3. The maximum Gasteiger partial charge on any atom is 0.303 e. The van der Waals surface area contributed by atoms with Crippen LogP contribution in [-0.4, -0.2) is 50.7 Å². The highest BCUT2D eigenvalue weighted by atomic mass is 32.2. The number of hydrogen-bond acceptors (Lipinski definition) is 5. The van der Waals surface area contributed by atoms with E-state index in [0.717, 1.165) is 36.8 Å². The smallest absolute Gasteiger partial charge is 0.303 e. The van der Waals surface area contributed by atoms with Gasteiger partial charge in [0.2, 0.25) is 15.9 Å². The van der Waals surface area contributed by atoms with Crippen LogP contribution in [0.1, 0.15) is 38.5 Å². The van der Waals surface area contributed by atoms with Crippen LogP contribution in [0.15, 0.2) is 71.6 Å². The standard InChI is InChI=1S/C28H34N2O6S/c31-27(19-30-37(34,35)22-14-12-21(13-15-22)20-8-4-3-5-9-20)29-18-24-23(25-16-17-26(24)36-25)10-6-1-2-7-11-28(32)33/h1,3-6,8-9,12-15,23-26,30H,2,7,10-11,16-19H2,(H,29,31)(H,32,33)/b6-1-/t23-,24+,25-,26+/m1/s1. The monoisotopic (exact) mass is 526 g/mol. The summed E-state index contributed by atoms with van der Waals surface area (Å²) in [6.45, 7) is 0.101. The first-order valence-corrected chi connectivity index (χ1v) is 14.3. The average Bonchev–Trinajstić information content (AvgIpc) is 3.51. The second kappa shape index (κ2) is 12.5. The number of hydrogen-bond donors (Lipinski definition) is 3. The lowest BCUT2D eigenvalue weighted by Crippen LogP contribution is -2.42. The van der Waals surface area contributed by atoms with E-state index < -0.39 is 16.0 Å². The van der Waals surface area contributed by atoms with Gasteiger partial charge in [-0.25, -0.2) is 13.1 Å². The van der Waals surface area contributed by atoms with Gasteiger partial charge in [-0.15, -0.1) is 0 Å². The molecular weight excluding hydrogens is 492 g/mol. The number of carbonyl (C=O) groups is 2. The number of unbranched alkanes of at least 4 members (excludes halogenated alkanes) is 1. The van der Waals surface area contributed by atoms with E-state index in [4.69, 9.17) is 9.84 Å². The molecule has 2 bridgehead atoms. The predicted octanol–water partition coefficient (Wildman–Crippen LogP) is 3.74. The van der Waals surface area contributed by atoms with Gasteiger partial charge in [-0.05, 0) is 61.3 Å². The molecule has 2 heterocycles. The molecular formula is C28H34N2O6S. The van der Waals surface area contributed by atoms with Crippen molar-refractivity contribution in [3.05, 3.63) is 66.7 Å². The van der Waals surface area contributed by atoms with Crippen LogP contribution in [0.25, 0.3) is 11.1 Å². The Labute approximate surface area is 218 Å². The first-order chi connectivity index (χ1) is 17.8. The van der Waals surface area contributed by atoms with E-state index in [1.54, 1.807) is 12.1 Å². The zero-order valence-electron chi connectivity index (χ0n) is 20.7. The molecule has 8 nitrogen and oxygen atoms in total. The summed E-state index contributed by atoms with van der Waals surface area (Å²) >= 11 is 0. The van der Waals surface area contributed by atoms with E-state index in [9.17, 15) is 18.0 Å².